The standard InChI is InChI=1S/C32H50F3NO9/c1-18-8-11-25-22(26(32(33,34)35)41-28-31(25)23(18)12-13-29(4,42-28)44-45-31)16-36-14-15-39-27(37)20(3)24-7-5-6-21-10-9-19(2)40-17-30(21,24)43-38/h18-21,23-25,27-28,36-38H,5-17H2,1-4H3. The van der Waals surface area contributed by atoms with Crippen LogP contribution in [-0.4, -0.2) is 78.5 Å². The molecule has 2 aliphatic carbocycles. The summed E-state index contributed by atoms with van der Waals surface area (Å²) in [7, 11) is 0. The van der Waals surface area contributed by atoms with Gasteiger partial charge in [0.25, 0.3) is 0 Å². The van der Waals surface area contributed by atoms with Crippen LogP contribution >= 0.6 is 0 Å². The van der Waals surface area contributed by atoms with Crippen molar-refractivity contribution in [2.24, 2.45) is 35.5 Å². The van der Waals surface area contributed by atoms with Crippen molar-refractivity contribution in [2.75, 3.05) is 26.3 Å². The molecule has 12 atom stereocenters. The van der Waals surface area contributed by atoms with E-state index in [-0.39, 0.29) is 67.6 Å². The summed E-state index contributed by atoms with van der Waals surface area (Å²) < 4.78 is 66.8. The number of ether oxygens (including phenoxy) is 4. The van der Waals surface area contributed by atoms with Crippen LogP contribution < -0.4 is 5.32 Å². The van der Waals surface area contributed by atoms with E-state index in [4.69, 9.17) is 33.6 Å². The molecule has 13 heteroatoms. The Morgan fingerprint density at radius 1 is 1.07 bits per heavy atom. The van der Waals surface area contributed by atoms with Crippen LogP contribution in [0, 0.1) is 35.5 Å². The van der Waals surface area contributed by atoms with Gasteiger partial charge in [0.05, 0.1) is 19.3 Å². The van der Waals surface area contributed by atoms with Gasteiger partial charge in [0.2, 0.25) is 17.8 Å². The molecule has 10 nitrogen and oxygen atoms in total. The fraction of sp³-hybridized carbons (Fsp3) is 0.938. The molecule has 2 saturated carbocycles. The first kappa shape index (κ1) is 33.9. The van der Waals surface area contributed by atoms with E-state index in [2.05, 4.69) is 12.2 Å². The second kappa shape index (κ2) is 12.8. The van der Waals surface area contributed by atoms with Gasteiger partial charge in [-0.05, 0) is 76.2 Å². The van der Waals surface area contributed by atoms with Crippen LogP contribution in [0.1, 0.15) is 85.5 Å². The van der Waals surface area contributed by atoms with Crippen LogP contribution in [0.25, 0.3) is 0 Å². The first-order valence-electron chi connectivity index (χ1n) is 16.8. The Kier molecular flexibility index (Phi) is 9.61. The van der Waals surface area contributed by atoms with E-state index < -0.39 is 47.4 Å². The van der Waals surface area contributed by atoms with Crippen LogP contribution in [0.15, 0.2) is 11.3 Å². The molecule has 4 saturated heterocycles. The largest absolute Gasteiger partial charge is 0.456 e. The summed E-state index contributed by atoms with van der Waals surface area (Å²) in [6.45, 7) is 8.10. The van der Waals surface area contributed by atoms with Crippen molar-refractivity contribution in [3.05, 3.63) is 11.3 Å². The van der Waals surface area contributed by atoms with E-state index in [0.29, 0.717) is 19.3 Å². The maximum atomic E-state index is 14.4. The van der Waals surface area contributed by atoms with Crippen molar-refractivity contribution in [1.29, 1.82) is 0 Å². The first-order chi connectivity index (χ1) is 21.3. The molecule has 5 heterocycles. The highest BCUT2D eigenvalue weighted by molar-refractivity contribution is 5.29. The highest BCUT2D eigenvalue weighted by Crippen LogP contribution is 2.61. The monoisotopic (exact) mass is 649 g/mol. The zero-order valence-corrected chi connectivity index (χ0v) is 26.8. The number of hydrogen-bond acceptors (Lipinski definition) is 10. The predicted octanol–water partition coefficient (Wildman–Crippen LogP) is 5.45. The molecule has 12 unspecified atom stereocenters. The van der Waals surface area contributed by atoms with E-state index in [9.17, 15) is 23.5 Å². The molecular weight excluding hydrogens is 599 g/mol. The molecule has 5 aliphatic heterocycles. The number of aliphatic hydroxyl groups is 1. The van der Waals surface area contributed by atoms with Crippen LogP contribution in [0.4, 0.5) is 13.2 Å². The molecule has 1 spiro atoms. The lowest BCUT2D eigenvalue weighted by molar-refractivity contribution is -0.557. The Hall–Kier alpha value is -1.03. The van der Waals surface area contributed by atoms with E-state index in [1.54, 1.807) is 6.92 Å². The lowest BCUT2D eigenvalue weighted by atomic mass is 9.59. The summed E-state index contributed by atoms with van der Waals surface area (Å²) in [5, 5.41) is 24.2. The van der Waals surface area contributed by atoms with Gasteiger partial charge in [0.15, 0.2) is 11.9 Å². The molecule has 258 valence electrons. The predicted molar refractivity (Wildman–Crippen MR) is 153 cm³/mol. The minimum absolute atomic E-state index is 0.0641. The third-order valence-electron chi connectivity index (χ3n) is 12.0. The topological polar surface area (TPSA) is 117 Å². The Morgan fingerprint density at radius 3 is 2.62 bits per heavy atom. The van der Waals surface area contributed by atoms with Crippen LogP contribution in [0.2, 0.25) is 0 Å². The number of allylic oxidation sites excluding steroid dienone is 1. The average Bonchev–Trinajstić information content (AvgIpc) is 3.34. The highest BCUT2D eigenvalue weighted by atomic mass is 19.4. The molecular formula is C32H50F3NO9. The van der Waals surface area contributed by atoms with Gasteiger partial charge in [0, 0.05) is 43.2 Å². The minimum atomic E-state index is -4.71. The molecule has 45 heavy (non-hydrogen) atoms. The summed E-state index contributed by atoms with van der Waals surface area (Å²) in [5.41, 5.74) is -1.98. The number of aliphatic hydroxyl groups excluding tert-OH is 1. The van der Waals surface area contributed by atoms with E-state index in [1.807, 2.05) is 13.8 Å². The minimum Gasteiger partial charge on any atom is -0.456 e. The quantitative estimate of drug-likeness (QED) is 0.129. The molecule has 0 aromatic carbocycles. The van der Waals surface area contributed by atoms with Gasteiger partial charge in [-0.15, -0.1) is 0 Å². The average molecular weight is 650 g/mol. The molecule has 7 aliphatic rings. The Balaban J connectivity index is 1.11. The summed E-state index contributed by atoms with van der Waals surface area (Å²) in [4.78, 5) is 17.0. The maximum Gasteiger partial charge on any atom is 0.449 e. The summed E-state index contributed by atoms with van der Waals surface area (Å²) in [6.07, 6.45) is -0.183. The number of hydrogen-bond donors (Lipinski definition) is 3. The normalized spacial score (nSPS) is 44.7. The third-order valence-corrected chi connectivity index (χ3v) is 12.0. The summed E-state index contributed by atoms with van der Waals surface area (Å²) >= 11 is 0. The second-order valence-electron chi connectivity index (χ2n) is 14.6. The zero-order chi connectivity index (χ0) is 32.2. The second-order valence-corrected chi connectivity index (χ2v) is 14.6. The third kappa shape index (κ3) is 5.96. The number of alkyl halides is 3. The molecule has 0 aromatic heterocycles. The SMILES string of the molecule is CC1CCC2CCCC(C(C)C(O)OCCNCC3=C(C(F)(F)F)OC4OC5(C)CCC6C(C)CCC3C46OO5)C2(OO)CO1. The van der Waals surface area contributed by atoms with E-state index in [1.165, 1.54) is 0 Å². The van der Waals surface area contributed by atoms with Crippen molar-refractivity contribution in [3.63, 3.8) is 0 Å². The van der Waals surface area contributed by atoms with Gasteiger partial charge < -0.3 is 29.4 Å². The van der Waals surface area contributed by atoms with Gasteiger partial charge in [-0.3, -0.25) is 5.26 Å². The van der Waals surface area contributed by atoms with Gasteiger partial charge >= 0.3 is 6.18 Å². The lowest BCUT2D eigenvalue weighted by Gasteiger charge is -2.57. The van der Waals surface area contributed by atoms with Crippen molar-refractivity contribution in [3.8, 4) is 0 Å². The molecule has 0 aromatic rings. The van der Waals surface area contributed by atoms with Crippen LogP contribution in [-0.2, 0) is 33.6 Å². The Morgan fingerprint density at radius 2 is 1.87 bits per heavy atom. The fourth-order valence-electron chi connectivity index (χ4n) is 9.42. The first-order valence-corrected chi connectivity index (χ1v) is 16.8. The van der Waals surface area contributed by atoms with Crippen molar-refractivity contribution in [1.82, 2.24) is 5.32 Å². The van der Waals surface area contributed by atoms with Crippen molar-refractivity contribution < 1.29 is 57.1 Å². The number of nitrogens with one attached hydrogen (secondary N) is 1. The maximum absolute atomic E-state index is 14.4. The molecule has 2 bridgehead atoms. The summed E-state index contributed by atoms with van der Waals surface area (Å²) in [5.74, 6) is -3.11. The summed E-state index contributed by atoms with van der Waals surface area (Å²) in [6, 6.07) is 0. The molecule has 3 N–H and O–H groups in total. The molecule has 7 rings (SSSR count). The van der Waals surface area contributed by atoms with E-state index >= 15 is 0 Å². The van der Waals surface area contributed by atoms with Crippen molar-refractivity contribution >= 4 is 0 Å². The molecule has 6 fully saturated rings. The Labute approximate surface area is 263 Å². The van der Waals surface area contributed by atoms with E-state index in [0.717, 1.165) is 38.5 Å². The van der Waals surface area contributed by atoms with Gasteiger partial charge in [0.1, 0.15) is 5.60 Å². The number of fused-ring (bicyclic) bond motifs is 3. The van der Waals surface area contributed by atoms with Gasteiger partial charge in [-0.2, -0.15) is 13.2 Å². The van der Waals surface area contributed by atoms with Crippen LogP contribution in [0.3, 0.4) is 0 Å². The lowest BCUT2D eigenvalue weighted by Crippen LogP contribution is -2.67. The number of rotatable bonds is 9. The van der Waals surface area contributed by atoms with Crippen molar-refractivity contribution in [2.45, 2.75) is 127 Å². The highest BCUT2D eigenvalue weighted by Gasteiger charge is 2.70. The van der Waals surface area contributed by atoms with Gasteiger partial charge in [-0.1, -0.05) is 20.3 Å². The smallest absolute Gasteiger partial charge is 0.449 e. The fourth-order valence-corrected chi connectivity index (χ4v) is 9.42. The molecule has 0 radical (unpaired) electrons. The van der Waals surface area contributed by atoms with Crippen LogP contribution in [0.5, 0.6) is 0 Å². The zero-order valence-electron chi connectivity index (χ0n) is 26.8. The molecule has 0 amide bonds. The Bertz CT molecular complexity index is 1090. The van der Waals surface area contributed by atoms with Gasteiger partial charge in [-0.25, -0.2) is 14.7 Å². The number of halogens is 3.